The van der Waals surface area contributed by atoms with E-state index < -0.39 is 0 Å². The fourth-order valence-corrected chi connectivity index (χ4v) is 3.89. The van der Waals surface area contributed by atoms with E-state index in [0.717, 1.165) is 55.1 Å². The Morgan fingerprint density at radius 3 is 2.60 bits per heavy atom. The number of benzene rings is 2. The summed E-state index contributed by atoms with van der Waals surface area (Å²) in [6.07, 6.45) is 1.24. The summed E-state index contributed by atoms with van der Waals surface area (Å²) in [6, 6.07) is 14.7. The Hall–Kier alpha value is -2.91. The quantitative estimate of drug-likeness (QED) is 0.727. The molecule has 1 aliphatic heterocycles. The average molecular weight is 409 g/mol. The summed E-state index contributed by atoms with van der Waals surface area (Å²) in [5.74, 6) is -0.209. The number of amides is 1. The number of hydrogen-bond donors (Lipinski definition) is 0. The van der Waals surface area contributed by atoms with E-state index in [0.29, 0.717) is 19.5 Å². The van der Waals surface area contributed by atoms with Crippen LogP contribution in [0.4, 0.5) is 15.8 Å². The van der Waals surface area contributed by atoms with Crippen LogP contribution < -0.4 is 9.80 Å². The molecule has 0 N–H and O–H groups in total. The Bertz CT molecular complexity index is 906. The van der Waals surface area contributed by atoms with Crippen LogP contribution >= 0.6 is 0 Å². The Labute approximate surface area is 178 Å². The van der Waals surface area contributed by atoms with Gasteiger partial charge in [0.2, 0.25) is 5.91 Å². The molecule has 1 saturated heterocycles. The summed E-state index contributed by atoms with van der Waals surface area (Å²) >= 11 is 0. The molecule has 2 aromatic rings. The van der Waals surface area contributed by atoms with Crippen molar-refractivity contribution in [2.75, 3.05) is 49.1 Å². The van der Waals surface area contributed by atoms with Gasteiger partial charge in [-0.1, -0.05) is 12.1 Å². The second kappa shape index (κ2) is 10.2. The minimum atomic E-state index is -0.232. The molecule has 0 aliphatic carbocycles. The summed E-state index contributed by atoms with van der Waals surface area (Å²) < 4.78 is 13.2. The van der Waals surface area contributed by atoms with Gasteiger partial charge in [0.1, 0.15) is 5.82 Å². The number of carbonyl (C=O) groups is 1. The molecule has 3 rings (SSSR count). The molecule has 1 fully saturated rings. The maximum atomic E-state index is 13.2. The lowest BCUT2D eigenvalue weighted by atomic mass is 10.1. The van der Waals surface area contributed by atoms with Crippen LogP contribution in [0.15, 0.2) is 42.5 Å². The molecule has 0 unspecified atom stereocenters. The maximum Gasteiger partial charge on any atom is 0.241 e. The summed E-state index contributed by atoms with van der Waals surface area (Å²) in [5, 5.41) is 9.05. The first kappa shape index (κ1) is 21.8. The molecule has 5 nitrogen and oxygen atoms in total. The van der Waals surface area contributed by atoms with Crippen LogP contribution in [0.5, 0.6) is 0 Å². The molecular weight excluding hydrogens is 379 g/mol. The lowest BCUT2D eigenvalue weighted by molar-refractivity contribution is -0.119. The van der Waals surface area contributed by atoms with E-state index in [1.54, 1.807) is 17.0 Å². The van der Waals surface area contributed by atoms with Crippen molar-refractivity contribution >= 4 is 17.3 Å². The van der Waals surface area contributed by atoms with Crippen molar-refractivity contribution in [1.82, 2.24) is 4.90 Å². The highest BCUT2D eigenvalue weighted by Crippen LogP contribution is 2.24. The minimum absolute atomic E-state index is 0.0224. The summed E-state index contributed by atoms with van der Waals surface area (Å²) in [7, 11) is 0. The number of aryl methyl sites for hydroxylation is 1. The molecule has 158 valence electrons. The number of hydrogen-bond acceptors (Lipinski definition) is 4. The van der Waals surface area contributed by atoms with E-state index in [4.69, 9.17) is 5.26 Å². The van der Waals surface area contributed by atoms with Gasteiger partial charge < -0.3 is 9.80 Å². The predicted octanol–water partition coefficient (Wildman–Crippen LogP) is 3.90. The normalized spacial score (nSPS) is 14.8. The van der Waals surface area contributed by atoms with Crippen LogP contribution in [0.2, 0.25) is 0 Å². The molecule has 30 heavy (non-hydrogen) atoms. The Kier molecular flexibility index (Phi) is 7.42. The van der Waals surface area contributed by atoms with Crippen molar-refractivity contribution in [2.45, 2.75) is 26.7 Å². The van der Waals surface area contributed by atoms with Crippen LogP contribution in [-0.2, 0) is 4.79 Å². The fraction of sp³-hybridized carbons (Fsp3) is 0.417. The third kappa shape index (κ3) is 5.37. The van der Waals surface area contributed by atoms with Gasteiger partial charge in [-0.3, -0.25) is 9.69 Å². The molecule has 0 spiro atoms. The molecule has 6 heteroatoms. The van der Waals surface area contributed by atoms with Crippen LogP contribution in [0, 0.1) is 31.0 Å². The molecule has 1 heterocycles. The SMILES string of the molecule is Cc1cccc(N(CCC#N)C(=O)CN2CCCN(c3ccc(F)cc3)CC2)c1C. The third-order valence-corrected chi connectivity index (χ3v) is 5.75. The highest BCUT2D eigenvalue weighted by Gasteiger charge is 2.22. The zero-order valence-electron chi connectivity index (χ0n) is 17.8. The number of carbonyl (C=O) groups excluding carboxylic acids is 1. The summed E-state index contributed by atoms with van der Waals surface area (Å²) in [6.45, 7) is 8.05. The van der Waals surface area contributed by atoms with Crippen molar-refractivity contribution < 1.29 is 9.18 Å². The standard InChI is InChI=1S/C24H29FN4O/c1-19-6-3-7-23(20(19)2)29(15-4-12-26)24(30)18-27-13-5-14-28(17-16-27)22-10-8-21(25)9-11-22/h3,6-11H,4-5,13-18H2,1-2H3. The van der Waals surface area contributed by atoms with E-state index >= 15 is 0 Å². The zero-order chi connectivity index (χ0) is 21.5. The van der Waals surface area contributed by atoms with Crippen molar-refractivity contribution in [3.63, 3.8) is 0 Å². The van der Waals surface area contributed by atoms with Gasteiger partial charge in [-0.05, 0) is 61.7 Å². The fourth-order valence-electron chi connectivity index (χ4n) is 3.89. The maximum absolute atomic E-state index is 13.2. The topological polar surface area (TPSA) is 50.6 Å². The highest BCUT2D eigenvalue weighted by atomic mass is 19.1. The largest absolute Gasteiger partial charge is 0.370 e. The first-order valence-electron chi connectivity index (χ1n) is 10.5. The van der Waals surface area contributed by atoms with Crippen LogP contribution in [0.1, 0.15) is 24.0 Å². The minimum Gasteiger partial charge on any atom is -0.370 e. The van der Waals surface area contributed by atoms with Crippen molar-refractivity contribution in [3.8, 4) is 6.07 Å². The zero-order valence-corrected chi connectivity index (χ0v) is 17.8. The number of nitriles is 1. The molecule has 1 aliphatic rings. The van der Waals surface area contributed by atoms with Crippen LogP contribution in [-0.4, -0.2) is 50.1 Å². The van der Waals surface area contributed by atoms with Gasteiger partial charge in [0.15, 0.2) is 0 Å². The van der Waals surface area contributed by atoms with Crippen molar-refractivity contribution in [3.05, 3.63) is 59.4 Å². The average Bonchev–Trinajstić information content (AvgIpc) is 2.97. The highest BCUT2D eigenvalue weighted by molar-refractivity contribution is 5.95. The van der Waals surface area contributed by atoms with Gasteiger partial charge in [-0.25, -0.2) is 4.39 Å². The monoisotopic (exact) mass is 408 g/mol. The van der Waals surface area contributed by atoms with Gasteiger partial charge >= 0.3 is 0 Å². The van der Waals surface area contributed by atoms with E-state index in [2.05, 4.69) is 15.9 Å². The van der Waals surface area contributed by atoms with Gasteiger partial charge in [0.25, 0.3) is 0 Å². The Morgan fingerprint density at radius 2 is 1.87 bits per heavy atom. The van der Waals surface area contributed by atoms with Gasteiger partial charge in [-0.2, -0.15) is 5.26 Å². The number of halogens is 1. The predicted molar refractivity (Wildman–Crippen MR) is 118 cm³/mol. The van der Waals surface area contributed by atoms with Gasteiger partial charge in [-0.15, -0.1) is 0 Å². The molecule has 0 aromatic heterocycles. The van der Waals surface area contributed by atoms with E-state index in [1.807, 2.05) is 32.0 Å². The lowest BCUT2D eigenvalue weighted by Crippen LogP contribution is -2.42. The number of rotatable bonds is 6. The molecule has 2 aromatic carbocycles. The van der Waals surface area contributed by atoms with Gasteiger partial charge in [0, 0.05) is 44.1 Å². The third-order valence-electron chi connectivity index (χ3n) is 5.75. The summed E-state index contributed by atoms with van der Waals surface area (Å²) in [5.41, 5.74) is 4.10. The molecule has 0 saturated carbocycles. The molecular formula is C24H29FN4O. The van der Waals surface area contributed by atoms with Crippen LogP contribution in [0.3, 0.4) is 0 Å². The first-order chi connectivity index (χ1) is 14.5. The number of nitrogens with zero attached hydrogens (tertiary/aromatic N) is 4. The van der Waals surface area contributed by atoms with Crippen molar-refractivity contribution in [2.24, 2.45) is 0 Å². The molecule has 1 amide bonds. The molecule has 0 atom stereocenters. The number of anilines is 2. The lowest BCUT2D eigenvalue weighted by Gasteiger charge is -2.28. The van der Waals surface area contributed by atoms with Crippen LogP contribution in [0.25, 0.3) is 0 Å². The van der Waals surface area contributed by atoms with Crippen molar-refractivity contribution in [1.29, 1.82) is 5.26 Å². The smallest absolute Gasteiger partial charge is 0.241 e. The summed E-state index contributed by atoms with van der Waals surface area (Å²) in [4.78, 5) is 19.4. The first-order valence-corrected chi connectivity index (χ1v) is 10.5. The Morgan fingerprint density at radius 1 is 1.10 bits per heavy atom. The molecule has 0 radical (unpaired) electrons. The second-order valence-corrected chi connectivity index (χ2v) is 7.77. The second-order valence-electron chi connectivity index (χ2n) is 7.77. The van der Waals surface area contributed by atoms with E-state index in [-0.39, 0.29) is 11.7 Å². The van der Waals surface area contributed by atoms with E-state index in [1.165, 1.54) is 12.1 Å². The van der Waals surface area contributed by atoms with E-state index in [9.17, 15) is 9.18 Å². The van der Waals surface area contributed by atoms with Gasteiger partial charge in [0.05, 0.1) is 19.0 Å². The Balaban J connectivity index is 1.67. The molecule has 0 bridgehead atoms.